The average molecular weight is 470 g/mol. The number of hydrogen-bond acceptors (Lipinski definition) is 4. The van der Waals surface area contributed by atoms with Gasteiger partial charge in [-0.15, -0.1) is 0 Å². The van der Waals surface area contributed by atoms with Crippen LogP contribution < -0.4 is 0 Å². The molecule has 2 aromatic carbocycles. The first kappa shape index (κ1) is 25.5. The highest BCUT2D eigenvalue weighted by Crippen LogP contribution is 2.39. The number of rotatable bonds is 7. The van der Waals surface area contributed by atoms with Crippen LogP contribution >= 0.6 is 0 Å². The van der Waals surface area contributed by atoms with Crippen molar-refractivity contribution in [3.8, 4) is 0 Å². The van der Waals surface area contributed by atoms with Crippen molar-refractivity contribution in [1.82, 2.24) is 4.90 Å². The molecule has 0 aliphatic carbocycles. The monoisotopic (exact) mass is 469 g/mol. The summed E-state index contributed by atoms with van der Waals surface area (Å²) in [6.45, 7) is 11.9. The zero-order valence-corrected chi connectivity index (χ0v) is 21.7. The Morgan fingerprint density at radius 2 is 1.67 bits per heavy atom. The van der Waals surface area contributed by atoms with E-state index in [1.807, 2.05) is 60.7 Å². The predicted octanol–water partition coefficient (Wildman–Crippen LogP) is 6.30. The molecule has 5 nitrogen and oxygen atoms in total. The lowest BCUT2D eigenvalue weighted by Gasteiger charge is -2.44. The Morgan fingerprint density at radius 3 is 2.27 bits per heavy atom. The van der Waals surface area contributed by atoms with E-state index in [4.69, 9.17) is 9.16 Å². The lowest BCUT2D eigenvalue weighted by molar-refractivity contribution is 0.00945. The quantitative estimate of drug-likeness (QED) is 0.483. The molecule has 0 saturated carbocycles. The Kier molecular flexibility index (Phi) is 8.37. The van der Waals surface area contributed by atoms with Crippen molar-refractivity contribution < 1.29 is 19.1 Å². The number of amides is 1. The number of aliphatic hydroxyl groups excluding tert-OH is 1. The molecular weight excluding hydrogens is 430 g/mol. The van der Waals surface area contributed by atoms with Gasteiger partial charge in [-0.25, -0.2) is 4.79 Å². The van der Waals surface area contributed by atoms with Crippen molar-refractivity contribution >= 4 is 14.4 Å². The second-order valence-electron chi connectivity index (χ2n) is 10.6. The van der Waals surface area contributed by atoms with Gasteiger partial charge in [-0.05, 0) is 48.5 Å². The summed E-state index contributed by atoms with van der Waals surface area (Å²) in [5, 5.41) is 10.9. The molecule has 1 aliphatic rings. The van der Waals surface area contributed by atoms with Gasteiger partial charge in [0.2, 0.25) is 0 Å². The number of nitrogens with zero attached hydrogens (tertiary/aromatic N) is 1. The molecule has 0 radical (unpaired) electrons. The van der Waals surface area contributed by atoms with Gasteiger partial charge in [0.05, 0.1) is 12.2 Å². The van der Waals surface area contributed by atoms with Crippen LogP contribution in [0.2, 0.25) is 18.1 Å². The second-order valence-corrected chi connectivity index (χ2v) is 15.3. The highest BCUT2D eigenvalue weighted by molar-refractivity contribution is 6.74. The number of ether oxygens (including phenoxy) is 1. The predicted molar refractivity (Wildman–Crippen MR) is 134 cm³/mol. The molecule has 0 bridgehead atoms. The van der Waals surface area contributed by atoms with E-state index in [2.05, 4.69) is 33.9 Å². The summed E-state index contributed by atoms with van der Waals surface area (Å²) in [4.78, 5) is 15.0. The van der Waals surface area contributed by atoms with Gasteiger partial charge < -0.3 is 19.2 Å². The number of piperidine rings is 1. The fraction of sp³-hybridized carbons (Fsp3) is 0.519. The van der Waals surface area contributed by atoms with Crippen LogP contribution in [0.1, 0.15) is 57.3 Å². The van der Waals surface area contributed by atoms with Gasteiger partial charge in [0, 0.05) is 12.6 Å². The molecule has 3 unspecified atom stereocenters. The first-order chi connectivity index (χ1) is 15.6. The van der Waals surface area contributed by atoms with Crippen molar-refractivity contribution in [2.45, 2.75) is 83.0 Å². The van der Waals surface area contributed by atoms with Crippen molar-refractivity contribution in [2.24, 2.45) is 0 Å². The molecule has 1 fully saturated rings. The maximum absolute atomic E-state index is 13.2. The molecule has 1 N–H and O–H groups in total. The lowest BCUT2D eigenvalue weighted by Crippen LogP contribution is -2.53. The lowest BCUT2D eigenvalue weighted by atomic mass is 9.93. The summed E-state index contributed by atoms with van der Waals surface area (Å²) in [5.74, 6) is 0. The molecule has 3 atom stereocenters. The van der Waals surface area contributed by atoms with Crippen LogP contribution in [0.15, 0.2) is 60.7 Å². The maximum Gasteiger partial charge on any atom is 0.410 e. The zero-order valence-electron chi connectivity index (χ0n) is 20.7. The van der Waals surface area contributed by atoms with Gasteiger partial charge in [0.1, 0.15) is 6.61 Å². The maximum atomic E-state index is 13.2. The molecule has 0 spiro atoms. The van der Waals surface area contributed by atoms with Gasteiger partial charge in [0.25, 0.3) is 0 Å². The number of likely N-dealkylation sites (tertiary alicyclic amines) is 1. The molecule has 1 saturated heterocycles. The fourth-order valence-corrected chi connectivity index (χ4v) is 5.40. The van der Waals surface area contributed by atoms with Gasteiger partial charge in [-0.2, -0.15) is 0 Å². The Hall–Kier alpha value is -2.15. The standard InChI is InChI=1S/C27H39NO4Si/c1-27(2,3)33(4,5)32-24-17-16-23(18-25(29)22-14-10-7-11-15-22)28(19-24)26(30)31-20-21-12-8-6-9-13-21/h6-15,23-25,29H,16-20H2,1-5H3. The Bertz CT molecular complexity index is 882. The third-order valence-corrected chi connectivity index (χ3v) is 11.6. The zero-order chi connectivity index (χ0) is 24.1. The number of hydrogen-bond donors (Lipinski definition) is 1. The SMILES string of the molecule is CC(C)(C)[Si](C)(C)OC1CCC(CC(O)c2ccccc2)N(C(=O)OCc2ccccc2)C1. The minimum absolute atomic E-state index is 0.0136. The first-order valence-corrected chi connectivity index (χ1v) is 14.9. The number of benzene rings is 2. The van der Waals surface area contributed by atoms with Crippen LogP contribution in [0.3, 0.4) is 0 Å². The van der Waals surface area contributed by atoms with E-state index in [0.717, 1.165) is 24.0 Å². The highest BCUT2D eigenvalue weighted by atomic mass is 28.4. The van der Waals surface area contributed by atoms with Crippen LogP contribution in [-0.4, -0.2) is 43.1 Å². The normalized spacial score (nSPS) is 20.4. The van der Waals surface area contributed by atoms with Crippen LogP contribution in [0.4, 0.5) is 4.79 Å². The van der Waals surface area contributed by atoms with Crippen molar-refractivity contribution in [2.75, 3.05) is 6.54 Å². The van der Waals surface area contributed by atoms with Crippen LogP contribution in [0, 0.1) is 0 Å². The Labute approximate surface area is 199 Å². The summed E-state index contributed by atoms with van der Waals surface area (Å²) in [5.41, 5.74) is 1.83. The Morgan fingerprint density at radius 1 is 1.06 bits per heavy atom. The van der Waals surface area contributed by atoms with E-state index in [1.54, 1.807) is 4.90 Å². The molecule has 6 heteroatoms. The number of carbonyl (C=O) groups excluding carboxylic acids is 1. The summed E-state index contributed by atoms with van der Waals surface area (Å²) >= 11 is 0. The van der Waals surface area contributed by atoms with Crippen LogP contribution in [-0.2, 0) is 15.8 Å². The summed E-state index contributed by atoms with van der Waals surface area (Å²) < 4.78 is 12.3. The molecule has 33 heavy (non-hydrogen) atoms. The largest absolute Gasteiger partial charge is 0.445 e. The van der Waals surface area contributed by atoms with Crippen molar-refractivity contribution in [1.29, 1.82) is 0 Å². The van der Waals surface area contributed by atoms with E-state index in [9.17, 15) is 9.90 Å². The molecular formula is C27H39NO4Si. The van der Waals surface area contributed by atoms with E-state index in [-0.39, 0.29) is 29.9 Å². The van der Waals surface area contributed by atoms with Gasteiger partial charge in [-0.1, -0.05) is 81.4 Å². The number of carbonyl (C=O) groups is 1. The minimum atomic E-state index is -1.96. The van der Waals surface area contributed by atoms with Crippen LogP contribution in [0.25, 0.3) is 0 Å². The smallest absolute Gasteiger partial charge is 0.410 e. The average Bonchev–Trinajstić information content (AvgIpc) is 2.78. The van der Waals surface area contributed by atoms with E-state index in [0.29, 0.717) is 13.0 Å². The molecule has 0 aromatic heterocycles. The minimum Gasteiger partial charge on any atom is -0.445 e. The van der Waals surface area contributed by atoms with E-state index >= 15 is 0 Å². The molecule has 1 aliphatic heterocycles. The molecule has 180 valence electrons. The van der Waals surface area contributed by atoms with Crippen molar-refractivity contribution in [3.63, 3.8) is 0 Å². The summed E-state index contributed by atoms with van der Waals surface area (Å²) in [7, 11) is -1.96. The fourth-order valence-electron chi connectivity index (χ4n) is 4.02. The van der Waals surface area contributed by atoms with E-state index in [1.165, 1.54) is 0 Å². The first-order valence-electron chi connectivity index (χ1n) is 11.9. The number of aliphatic hydroxyl groups is 1. The molecule has 3 rings (SSSR count). The Balaban J connectivity index is 1.72. The van der Waals surface area contributed by atoms with E-state index < -0.39 is 14.4 Å². The molecule has 1 amide bonds. The molecule has 2 aromatic rings. The second kappa shape index (κ2) is 10.8. The topological polar surface area (TPSA) is 59.0 Å². The summed E-state index contributed by atoms with van der Waals surface area (Å²) in [6, 6.07) is 19.3. The third-order valence-electron chi connectivity index (χ3n) is 7.05. The van der Waals surface area contributed by atoms with Crippen LogP contribution in [0.5, 0.6) is 0 Å². The summed E-state index contributed by atoms with van der Waals surface area (Å²) in [6.07, 6.45) is 1.16. The third kappa shape index (κ3) is 6.92. The van der Waals surface area contributed by atoms with Gasteiger partial charge >= 0.3 is 6.09 Å². The van der Waals surface area contributed by atoms with Crippen molar-refractivity contribution in [3.05, 3.63) is 71.8 Å². The molecule has 1 heterocycles. The van der Waals surface area contributed by atoms with Gasteiger partial charge in [0.15, 0.2) is 8.32 Å². The highest BCUT2D eigenvalue weighted by Gasteiger charge is 2.42. The van der Waals surface area contributed by atoms with Gasteiger partial charge in [-0.3, -0.25) is 0 Å².